The van der Waals surface area contributed by atoms with Gasteiger partial charge >= 0.3 is 0 Å². The molecule has 0 aliphatic carbocycles. The molecule has 0 aliphatic rings. The van der Waals surface area contributed by atoms with Crippen LogP contribution in [0.15, 0.2) is 11.6 Å². The van der Waals surface area contributed by atoms with Gasteiger partial charge in [-0.1, -0.05) is 27.6 Å². The molecule has 0 saturated heterocycles. The average Bonchev–Trinajstić information content (AvgIpc) is 1.84. The van der Waals surface area contributed by atoms with Crippen molar-refractivity contribution >= 4 is 21.8 Å². The summed E-state index contributed by atoms with van der Waals surface area (Å²) in [5.41, 5.74) is 1.21. The van der Waals surface area contributed by atoms with Gasteiger partial charge in [-0.2, -0.15) is 0 Å². The zero-order chi connectivity index (χ0) is 9.78. The lowest BCUT2D eigenvalue weighted by Crippen LogP contribution is -2.37. The summed E-state index contributed by atoms with van der Waals surface area (Å²) in [4.78, 5) is 11.3. The van der Waals surface area contributed by atoms with E-state index in [-0.39, 0.29) is 5.91 Å². The Morgan fingerprint density at radius 3 is 2.33 bits per heavy atom. The summed E-state index contributed by atoms with van der Waals surface area (Å²) in [6, 6.07) is 0. The first-order valence-corrected chi connectivity index (χ1v) is 4.74. The molecule has 0 unspecified atom stereocenters. The number of hydrogen-bond acceptors (Lipinski definition) is 1. The van der Waals surface area contributed by atoms with Crippen molar-refractivity contribution in [2.24, 2.45) is 0 Å². The van der Waals surface area contributed by atoms with Gasteiger partial charge < -0.3 is 5.32 Å². The summed E-state index contributed by atoms with van der Waals surface area (Å²) in [6.07, 6.45) is 1.98. The summed E-state index contributed by atoms with van der Waals surface area (Å²) in [7, 11) is 0. The van der Waals surface area contributed by atoms with E-state index in [4.69, 9.17) is 0 Å². The maximum Gasteiger partial charge on any atom is 0.236 e. The summed E-state index contributed by atoms with van der Waals surface area (Å²) in [6.45, 7) is 8.27. The second-order valence-corrected chi connectivity index (χ2v) is 5.45. The van der Waals surface area contributed by atoms with Crippen LogP contribution in [0.5, 0.6) is 0 Å². The highest BCUT2D eigenvalue weighted by atomic mass is 79.9. The van der Waals surface area contributed by atoms with Crippen LogP contribution in [0.4, 0.5) is 0 Å². The molecule has 0 aromatic carbocycles. The zero-order valence-electron chi connectivity index (χ0n) is 8.07. The molecule has 0 bridgehead atoms. The second kappa shape index (κ2) is 4.65. The third-order valence-corrected chi connectivity index (χ3v) is 1.67. The summed E-state index contributed by atoms with van der Waals surface area (Å²) in [5, 5.41) is 2.79. The van der Waals surface area contributed by atoms with Crippen molar-refractivity contribution in [3.63, 3.8) is 0 Å². The maximum absolute atomic E-state index is 11.3. The first kappa shape index (κ1) is 11.7. The van der Waals surface area contributed by atoms with Gasteiger partial charge in [0.1, 0.15) is 0 Å². The van der Waals surface area contributed by atoms with Crippen molar-refractivity contribution in [2.45, 2.75) is 32.0 Å². The van der Waals surface area contributed by atoms with E-state index in [1.54, 1.807) is 0 Å². The Hall–Kier alpha value is -0.310. The number of hydrogen-bond donors (Lipinski definition) is 1. The van der Waals surface area contributed by atoms with Crippen LogP contribution in [0.25, 0.3) is 0 Å². The predicted octanol–water partition coefficient (Wildman–Crippen LogP) is 2.24. The van der Waals surface area contributed by atoms with Crippen molar-refractivity contribution < 1.29 is 4.79 Å². The Bertz CT molecular complexity index is 187. The molecule has 0 aromatic heterocycles. The number of alkyl halides is 1. The lowest BCUT2D eigenvalue weighted by atomic mass is 10.2. The molecule has 2 nitrogen and oxygen atoms in total. The molecule has 1 N–H and O–H groups in total. The fourth-order valence-electron chi connectivity index (χ4n) is 0.558. The van der Waals surface area contributed by atoms with Gasteiger partial charge in [-0.3, -0.25) is 4.79 Å². The molecule has 0 aliphatic heterocycles. The van der Waals surface area contributed by atoms with Crippen LogP contribution in [-0.2, 0) is 4.79 Å². The average molecular weight is 234 g/mol. The van der Waals surface area contributed by atoms with E-state index in [9.17, 15) is 4.79 Å². The van der Waals surface area contributed by atoms with E-state index in [2.05, 4.69) is 21.2 Å². The van der Waals surface area contributed by atoms with E-state index in [1.807, 2.05) is 33.8 Å². The van der Waals surface area contributed by atoms with Crippen molar-refractivity contribution in [2.75, 3.05) is 6.54 Å². The smallest absolute Gasteiger partial charge is 0.236 e. The molecule has 12 heavy (non-hydrogen) atoms. The summed E-state index contributed by atoms with van der Waals surface area (Å²) >= 11 is 3.28. The lowest BCUT2D eigenvalue weighted by Gasteiger charge is -2.14. The number of nitrogens with one attached hydrogen (secondary N) is 1. The number of carbonyl (C=O) groups excluding carboxylic acids is 1. The number of allylic oxidation sites excluding steroid dienone is 1. The van der Waals surface area contributed by atoms with Crippen LogP contribution in [0.1, 0.15) is 27.7 Å². The molecule has 0 rings (SSSR count). The Labute approximate surface area is 82.5 Å². The Morgan fingerprint density at radius 2 is 2.00 bits per heavy atom. The van der Waals surface area contributed by atoms with E-state index in [0.29, 0.717) is 6.54 Å². The van der Waals surface area contributed by atoms with E-state index >= 15 is 0 Å². The van der Waals surface area contributed by atoms with Gasteiger partial charge in [-0.25, -0.2) is 0 Å². The lowest BCUT2D eigenvalue weighted by molar-refractivity contribution is -0.122. The van der Waals surface area contributed by atoms with Crippen molar-refractivity contribution in [3.8, 4) is 0 Å². The number of rotatable bonds is 3. The number of carbonyl (C=O) groups is 1. The normalized spacial score (nSPS) is 10.8. The SMILES string of the molecule is CC(C)=CCNC(=O)C(C)(C)Br. The Kier molecular flexibility index (Phi) is 4.53. The van der Waals surface area contributed by atoms with Crippen LogP contribution < -0.4 is 5.32 Å². The molecule has 3 heteroatoms. The molecule has 0 aromatic rings. The van der Waals surface area contributed by atoms with Crippen molar-refractivity contribution in [1.82, 2.24) is 5.32 Å². The minimum absolute atomic E-state index is 0.0139. The van der Waals surface area contributed by atoms with Crippen LogP contribution >= 0.6 is 15.9 Å². The van der Waals surface area contributed by atoms with Gasteiger partial charge in [0.2, 0.25) is 5.91 Å². The van der Waals surface area contributed by atoms with Crippen LogP contribution in [-0.4, -0.2) is 16.8 Å². The first-order valence-electron chi connectivity index (χ1n) is 3.94. The van der Waals surface area contributed by atoms with Gasteiger partial charge in [-0.05, 0) is 27.7 Å². The number of amides is 1. The van der Waals surface area contributed by atoms with Gasteiger partial charge in [0.15, 0.2) is 0 Å². The number of halogens is 1. The largest absolute Gasteiger partial charge is 0.351 e. The quantitative estimate of drug-likeness (QED) is 0.588. The summed E-state index contributed by atoms with van der Waals surface area (Å²) < 4.78 is -0.470. The monoisotopic (exact) mass is 233 g/mol. The molecular weight excluding hydrogens is 218 g/mol. The fraction of sp³-hybridized carbons (Fsp3) is 0.667. The third kappa shape index (κ3) is 5.35. The van der Waals surface area contributed by atoms with Crippen LogP contribution in [0, 0.1) is 0 Å². The summed E-state index contributed by atoms with van der Waals surface area (Å²) in [5.74, 6) is 0.0139. The second-order valence-electron chi connectivity index (χ2n) is 3.46. The minimum Gasteiger partial charge on any atom is -0.351 e. The molecule has 70 valence electrons. The van der Waals surface area contributed by atoms with Gasteiger partial charge in [0, 0.05) is 6.54 Å². The molecular formula is C9H16BrNO. The van der Waals surface area contributed by atoms with Gasteiger partial charge in [0.05, 0.1) is 4.32 Å². The maximum atomic E-state index is 11.3. The minimum atomic E-state index is -0.470. The molecule has 1 amide bonds. The highest BCUT2D eigenvalue weighted by Gasteiger charge is 2.22. The highest BCUT2D eigenvalue weighted by molar-refractivity contribution is 9.10. The van der Waals surface area contributed by atoms with Crippen LogP contribution in [0.3, 0.4) is 0 Å². The fourth-order valence-corrected chi connectivity index (χ4v) is 0.698. The third-order valence-electron chi connectivity index (χ3n) is 1.31. The van der Waals surface area contributed by atoms with E-state index in [0.717, 1.165) is 0 Å². The molecule has 0 atom stereocenters. The van der Waals surface area contributed by atoms with E-state index < -0.39 is 4.32 Å². The highest BCUT2D eigenvalue weighted by Crippen LogP contribution is 2.14. The molecule has 0 fully saturated rings. The molecule has 0 radical (unpaired) electrons. The molecule has 0 heterocycles. The van der Waals surface area contributed by atoms with Gasteiger partial charge in [-0.15, -0.1) is 0 Å². The Morgan fingerprint density at radius 1 is 1.50 bits per heavy atom. The van der Waals surface area contributed by atoms with Crippen molar-refractivity contribution in [1.29, 1.82) is 0 Å². The van der Waals surface area contributed by atoms with Crippen molar-refractivity contribution in [3.05, 3.63) is 11.6 Å². The van der Waals surface area contributed by atoms with Crippen LogP contribution in [0.2, 0.25) is 0 Å². The standard InChI is InChI=1S/C9H16BrNO/c1-7(2)5-6-11-8(12)9(3,4)10/h5H,6H2,1-4H3,(H,11,12). The first-order chi connectivity index (χ1) is 5.34. The van der Waals surface area contributed by atoms with Gasteiger partial charge in [0.25, 0.3) is 0 Å². The Balaban J connectivity index is 3.82. The van der Waals surface area contributed by atoms with E-state index in [1.165, 1.54) is 5.57 Å². The topological polar surface area (TPSA) is 29.1 Å². The molecule has 0 saturated carbocycles. The predicted molar refractivity (Wildman–Crippen MR) is 55.4 cm³/mol. The molecule has 0 spiro atoms. The zero-order valence-corrected chi connectivity index (χ0v) is 9.66.